The molecule has 1 N–H and O–H groups in total. The Balaban J connectivity index is 3.19. The van der Waals surface area contributed by atoms with Crippen LogP contribution in [0.15, 0.2) is 0 Å². The second-order valence-corrected chi connectivity index (χ2v) is 3.80. The van der Waals surface area contributed by atoms with Gasteiger partial charge in [-0.05, 0) is 6.92 Å². The summed E-state index contributed by atoms with van der Waals surface area (Å²) in [6, 6.07) is 0. The summed E-state index contributed by atoms with van der Waals surface area (Å²) in [5, 5.41) is 22.8. The zero-order valence-corrected chi connectivity index (χ0v) is 9.63. The van der Waals surface area contributed by atoms with E-state index in [0.29, 0.717) is 0 Å². The first-order valence-electron chi connectivity index (χ1n) is 4.98. The molecule has 1 aromatic rings. The lowest BCUT2D eigenvalue weighted by Gasteiger charge is -2.07. The molecule has 0 unspecified atom stereocenters. The number of nitrogens with zero attached hydrogens (tertiary/aromatic N) is 3. The second-order valence-electron chi connectivity index (χ2n) is 3.80. The van der Waals surface area contributed by atoms with Crippen LogP contribution >= 0.6 is 0 Å². The Morgan fingerprint density at radius 2 is 2.17 bits per heavy atom. The van der Waals surface area contributed by atoms with Crippen LogP contribution in [0.4, 0.5) is 14.5 Å². The first-order chi connectivity index (χ1) is 8.25. The van der Waals surface area contributed by atoms with E-state index < -0.39 is 34.6 Å². The molecule has 1 rings (SSSR count). The van der Waals surface area contributed by atoms with Crippen LogP contribution in [0.1, 0.15) is 24.7 Å². The van der Waals surface area contributed by atoms with Crippen molar-refractivity contribution in [3.63, 3.8) is 0 Å². The van der Waals surface area contributed by atoms with Crippen molar-refractivity contribution >= 4 is 11.7 Å². The van der Waals surface area contributed by atoms with E-state index in [9.17, 15) is 23.7 Å². The highest BCUT2D eigenvalue weighted by molar-refractivity contribution is 5.69. The summed E-state index contributed by atoms with van der Waals surface area (Å²) in [6.07, 6.45) is -3.08. The van der Waals surface area contributed by atoms with Crippen molar-refractivity contribution in [1.82, 2.24) is 9.78 Å². The summed E-state index contributed by atoms with van der Waals surface area (Å²) >= 11 is 0. The number of hydrogen-bond acceptors (Lipinski definition) is 4. The minimum atomic E-state index is -3.08. The Labute approximate surface area is 100 Å². The summed E-state index contributed by atoms with van der Waals surface area (Å²) in [7, 11) is 0. The van der Waals surface area contributed by atoms with Crippen LogP contribution in [-0.2, 0) is 11.3 Å². The number of alkyl halides is 2. The molecule has 7 nitrogen and oxygen atoms in total. The van der Waals surface area contributed by atoms with Gasteiger partial charge in [0.1, 0.15) is 5.69 Å². The summed E-state index contributed by atoms with van der Waals surface area (Å²) in [5.41, 5.74) is -1.78. The van der Waals surface area contributed by atoms with Crippen molar-refractivity contribution in [3.05, 3.63) is 21.5 Å². The van der Waals surface area contributed by atoms with E-state index >= 15 is 0 Å². The lowest BCUT2D eigenvalue weighted by Crippen LogP contribution is -2.18. The standard InChI is InChI=1S/C9H11F2N3O4/c1-4(9(15)16)3-13-5(2)7(14(17)18)6(12-13)8(10)11/h4,8H,3H2,1-2H3,(H,15,16)/t4-/m0/s1. The van der Waals surface area contributed by atoms with Crippen molar-refractivity contribution in [2.75, 3.05) is 0 Å². The van der Waals surface area contributed by atoms with Crippen LogP contribution in [0.5, 0.6) is 0 Å². The molecular formula is C9H11F2N3O4. The first-order valence-corrected chi connectivity index (χ1v) is 4.98. The summed E-state index contributed by atoms with van der Waals surface area (Å²) in [4.78, 5) is 20.4. The number of carboxylic acid groups (broad SMARTS) is 1. The predicted molar refractivity (Wildman–Crippen MR) is 55.4 cm³/mol. The molecule has 0 saturated carbocycles. The van der Waals surface area contributed by atoms with Gasteiger partial charge in [-0.15, -0.1) is 0 Å². The highest BCUT2D eigenvalue weighted by Crippen LogP contribution is 2.31. The summed E-state index contributed by atoms with van der Waals surface area (Å²) in [6.45, 7) is 2.41. The van der Waals surface area contributed by atoms with E-state index in [1.165, 1.54) is 13.8 Å². The van der Waals surface area contributed by atoms with Gasteiger partial charge in [0.15, 0.2) is 0 Å². The minimum absolute atomic E-state index is 0.0802. The second kappa shape index (κ2) is 5.07. The number of aromatic nitrogens is 2. The third-order valence-electron chi connectivity index (χ3n) is 2.46. The molecule has 9 heteroatoms. The molecule has 0 aromatic carbocycles. The normalized spacial score (nSPS) is 12.7. The third kappa shape index (κ3) is 2.60. The van der Waals surface area contributed by atoms with E-state index in [0.717, 1.165) is 4.68 Å². The van der Waals surface area contributed by atoms with Gasteiger partial charge in [-0.2, -0.15) is 5.10 Å². The number of halogens is 2. The quantitative estimate of drug-likeness (QED) is 0.644. The van der Waals surface area contributed by atoms with Crippen molar-refractivity contribution < 1.29 is 23.6 Å². The van der Waals surface area contributed by atoms with Crippen molar-refractivity contribution in [3.8, 4) is 0 Å². The fraction of sp³-hybridized carbons (Fsp3) is 0.556. The van der Waals surface area contributed by atoms with Crippen LogP contribution in [0.2, 0.25) is 0 Å². The van der Waals surface area contributed by atoms with Gasteiger partial charge in [-0.3, -0.25) is 19.6 Å². The number of hydrogen-bond donors (Lipinski definition) is 1. The maximum Gasteiger partial charge on any atom is 0.318 e. The highest BCUT2D eigenvalue weighted by atomic mass is 19.3. The van der Waals surface area contributed by atoms with Gasteiger partial charge in [0.25, 0.3) is 6.43 Å². The Bertz CT molecular complexity index is 486. The third-order valence-corrected chi connectivity index (χ3v) is 2.46. The molecule has 1 heterocycles. The number of nitro groups is 1. The molecule has 0 bridgehead atoms. The summed E-state index contributed by atoms with van der Waals surface area (Å²) in [5.74, 6) is -2.01. The van der Waals surface area contributed by atoms with Crippen molar-refractivity contribution in [2.45, 2.75) is 26.8 Å². The molecule has 0 aliphatic rings. The molecular weight excluding hydrogens is 252 g/mol. The number of aliphatic carboxylic acids is 1. The number of rotatable bonds is 5. The monoisotopic (exact) mass is 263 g/mol. The molecule has 0 aliphatic carbocycles. The fourth-order valence-corrected chi connectivity index (χ4v) is 1.45. The number of carbonyl (C=O) groups is 1. The first kappa shape index (κ1) is 14.0. The van der Waals surface area contributed by atoms with E-state index in [1.807, 2.05) is 0 Å². The van der Waals surface area contributed by atoms with E-state index in [1.54, 1.807) is 0 Å². The molecule has 0 amide bonds. The fourth-order valence-electron chi connectivity index (χ4n) is 1.45. The van der Waals surface area contributed by atoms with Gasteiger partial charge in [-0.25, -0.2) is 8.78 Å². The molecule has 0 spiro atoms. The van der Waals surface area contributed by atoms with Crippen LogP contribution in [0.25, 0.3) is 0 Å². The van der Waals surface area contributed by atoms with E-state index in [4.69, 9.17) is 5.11 Å². The van der Waals surface area contributed by atoms with Gasteiger partial charge < -0.3 is 5.11 Å². The molecule has 1 aromatic heterocycles. The molecule has 18 heavy (non-hydrogen) atoms. The minimum Gasteiger partial charge on any atom is -0.481 e. The van der Waals surface area contributed by atoms with Gasteiger partial charge in [-0.1, -0.05) is 6.92 Å². The van der Waals surface area contributed by atoms with Crippen LogP contribution in [0, 0.1) is 23.0 Å². The summed E-state index contributed by atoms with van der Waals surface area (Å²) < 4.78 is 26.1. The average Bonchev–Trinajstić information content (AvgIpc) is 2.56. The largest absolute Gasteiger partial charge is 0.481 e. The van der Waals surface area contributed by atoms with Gasteiger partial charge in [0.05, 0.1) is 17.4 Å². The SMILES string of the molecule is Cc1c([N+](=O)[O-])c(C(F)F)nn1C[C@H](C)C(=O)O. The molecule has 0 saturated heterocycles. The Hall–Kier alpha value is -2.06. The Morgan fingerprint density at radius 1 is 1.61 bits per heavy atom. The Morgan fingerprint density at radius 3 is 2.50 bits per heavy atom. The zero-order valence-electron chi connectivity index (χ0n) is 9.63. The lowest BCUT2D eigenvalue weighted by atomic mass is 10.2. The zero-order chi connectivity index (χ0) is 14.0. The number of carboxylic acids is 1. The van der Waals surface area contributed by atoms with Crippen molar-refractivity contribution in [2.24, 2.45) is 5.92 Å². The molecule has 100 valence electrons. The van der Waals surface area contributed by atoms with E-state index in [2.05, 4.69) is 5.10 Å². The molecule has 0 aliphatic heterocycles. The maximum atomic E-state index is 12.6. The topological polar surface area (TPSA) is 98.3 Å². The highest BCUT2D eigenvalue weighted by Gasteiger charge is 2.31. The van der Waals surface area contributed by atoms with Crippen LogP contribution in [0.3, 0.4) is 0 Å². The Kier molecular flexibility index (Phi) is 3.94. The van der Waals surface area contributed by atoms with Crippen molar-refractivity contribution in [1.29, 1.82) is 0 Å². The lowest BCUT2D eigenvalue weighted by molar-refractivity contribution is -0.386. The smallest absolute Gasteiger partial charge is 0.318 e. The molecule has 0 fully saturated rings. The molecule has 0 radical (unpaired) electrons. The van der Waals surface area contributed by atoms with Gasteiger partial charge in [0, 0.05) is 0 Å². The average molecular weight is 263 g/mol. The molecule has 1 atom stereocenters. The van der Waals surface area contributed by atoms with Gasteiger partial charge >= 0.3 is 11.7 Å². The van der Waals surface area contributed by atoms with E-state index in [-0.39, 0.29) is 12.2 Å². The maximum absolute atomic E-state index is 12.6. The van der Waals surface area contributed by atoms with Gasteiger partial charge in [0.2, 0.25) is 5.69 Å². The van der Waals surface area contributed by atoms with Crippen LogP contribution in [-0.4, -0.2) is 25.8 Å². The predicted octanol–water partition coefficient (Wildman–Crippen LogP) is 1.76. The van der Waals surface area contributed by atoms with Crippen LogP contribution < -0.4 is 0 Å².